The monoisotopic (exact) mass is 293 g/mol. The lowest BCUT2D eigenvalue weighted by Crippen LogP contribution is -2.47. The van der Waals surface area contributed by atoms with Crippen LogP contribution in [0.3, 0.4) is 0 Å². The van der Waals surface area contributed by atoms with Gasteiger partial charge in [-0.3, -0.25) is 0 Å². The third-order valence-electron chi connectivity index (χ3n) is 4.36. The molecule has 2 aliphatic heterocycles. The minimum atomic E-state index is -0.0564. The zero-order valence-corrected chi connectivity index (χ0v) is 12.5. The van der Waals surface area contributed by atoms with E-state index in [4.69, 9.17) is 24.7 Å². The van der Waals surface area contributed by atoms with Gasteiger partial charge in [0.1, 0.15) is 17.6 Å². The molecule has 1 aromatic rings. The average Bonchev–Trinajstić information content (AvgIpc) is 2.48. The Morgan fingerprint density at radius 1 is 1.24 bits per heavy atom. The molecule has 3 rings (SSSR count). The quantitative estimate of drug-likeness (QED) is 0.867. The maximum atomic E-state index is 6.11. The molecule has 0 radical (unpaired) electrons. The van der Waals surface area contributed by atoms with Crippen LogP contribution in [-0.4, -0.2) is 38.6 Å². The molecule has 1 aromatic carbocycles. The minimum absolute atomic E-state index is 0.0564. The number of rotatable bonds is 3. The van der Waals surface area contributed by atoms with Crippen LogP contribution in [0.25, 0.3) is 0 Å². The molecule has 1 spiro atoms. The van der Waals surface area contributed by atoms with Gasteiger partial charge in [0.25, 0.3) is 0 Å². The van der Waals surface area contributed by atoms with Crippen LogP contribution in [0.2, 0.25) is 0 Å². The summed E-state index contributed by atoms with van der Waals surface area (Å²) in [6.45, 7) is 2.31. The van der Waals surface area contributed by atoms with Crippen molar-refractivity contribution in [3.63, 3.8) is 0 Å². The van der Waals surface area contributed by atoms with Gasteiger partial charge in [0, 0.05) is 32.1 Å². The van der Waals surface area contributed by atoms with Crippen LogP contribution in [-0.2, 0) is 9.47 Å². The number of nitrogens with two attached hydrogens (primary N) is 1. The Morgan fingerprint density at radius 2 is 2.05 bits per heavy atom. The van der Waals surface area contributed by atoms with E-state index in [9.17, 15) is 0 Å². The van der Waals surface area contributed by atoms with Crippen LogP contribution < -0.4 is 15.2 Å². The standard InChI is InChI=1S/C16H23NO4/c1-18-15-3-2-12(10-14(15)17)21-13-4-7-20-16(11-13)5-8-19-9-6-16/h2-3,10,13H,4-9,11,17H2,1H3. The summed E-state index contributed by atoms with van der Waals surface area (Å²) in [6, 6.07) is 5.57. The first kappa shape index (κ1) is 14.5. The van der Waals surface area contributed by atoms with E-state index in [0.29, 0.717) is 11.4 Å². The summed E-state index contributed by atoms with van der Waals surface area (Å²) in [5.74, 6) is 1.47. The molecular weight excluding hydrogens is 270 g/mol. The highest BCUT2D eigenvalue weighted by Gasteiger charge is 2.39. The lowest BCUT2D eigenvalue weighted by atomic mass is 9.85. The van der Waals surface area contributed by atoms with Crippen molar-refractivity contribution in [3.8, 4) is 11.5 Å². The lowest BCUT2D eigenvalue weighted by molar-refractivity contribution is -0.155. The van der Waals surface area contributed by atoms with Crippen molar-refractivity contribution in [1.29, 1.82) is 0 Å². The van der Waals surface area contributed by atoms with Gasteiger partial charge in [0.15, 0.2) is 0 Å². The number of nitrogen functional groups attached to an aromatic ring is 1. The molecule has 0 aliphatic carbocycles. The van der Waals surface area contributed by atoms with E-state index < -0.39 is 0 Å². The van der Waals surface area contributed by atoms with Gasteiger partial charge in [-0.15, -0.1) is 0 Å². The normalized spacial score (nSPS) is 24.7. The van der Waals surface area contributed by atoms with Crippen LogP contribution >= 0.6 is 0 Å². The summed E-state index contributed by atoms with van der Waals surface area (Å²) in [5.41, 5.74) is 6.47. The minimum Gasteiger partial charge on any atom is -0.495 e. The molecule has 0 bridgehead atoms. The molecule has 0 aromatic heterocycles. The predicted octanol–water partition coefficient (Wildman–Crippen LogP) is 2.38. The molecule has 116 valence electrons. The van der Waals surface area contributed by atoms with Crippen molar-refractivity contribution >= 4 is 5.69 Å². The SMILES string of the molecule is COc1ccc(OC2CCOC3(CCOCC3)C2)cc1N. The summed E-state index contributed by atoms with van der Waals surface area (Å²) < 4.78 is 22.7. The second kappa shape index (κ2) is 6.12. The summed E-state index contributed by atoms with van der Waals surface area (Å²) in [4.78, 5) is 0. The van der Waals surface area contributed by atoms with E-state index in [-0.39, 0.29) is 11.7 Å². The molecule has 1 atom stereocenters. The maximum Gasteiger partial charge on any atom is 0.142 e. The van der Waals surface area contributed by atoms with Gasteiger partial charge in [0.05, 0.1) is 25.0 Å². The van der Waals surface area contributed by atoms with Crippen LogP contribution in [0, 0.1) is 0 Å². The molecule has 2 aliphatic rings. The molecule has 2 fully saturated rings. The molecule has 2 heterocycles. The number of benzene rings is 1. The van der Waals surface area contributed by atoms with Crippen molar-refractivity contribution in [3.05, 3.63) is 18.2 Å². The summed E-state index contributed by atoms with van der Waals surface area (Å²) in [7, 11) is 1.61. The summed E-state index contributed by atoms with van der Waals surface area (Å²) in [6.07, 6.45) is 3.91. The fourth-order valence-corrected chi connectivity index (χ4v) is 3.15. The van der Waals surface area contributed by atoms with E-state index in [1.165, 1.54) is 0 Å². The van der Waals surface area contributed by atoms with Gasteiger partial charge < -0.3 is 24.7 Å². The fraction of sp³-hybridized carbons (Fsp3) is 0.625. The Hall–Kier alpha value is -1.46. The van der Waals surface area contributed by atoms with Gasteiger partial charge in [-0.05, 0) is 25.0 Å². The van der Waals surface area contributed by atoms with Crippen molar-refractivity contribution in [2.24, 2.45) is 0 Å². The number of hydrogen-bond acceptors (Lipinski definition) is 5. The van der Waals surface area contributed by atoms with E-state index in [0.717, 1.165) is 51.3 Å². The van der Waals surface area contributed by atoms with Gasteiger partial charge in [-0.1, -0.05) is 0 Å². The third kappa shape index (κ3) is 3.24. The van der Waals surface area contributed by atoms with Crippen LogP contribution in [0.15, 0.2) is 18.2 Å². The van der Waals surface area contributed by atoms with Gasteiger partial charge in [-0.2, -0.15) is 0 Å². The molecule has 5 nitrogen and oxygen atoms in total. The van der Waals surface area contributed by atoms with Crippen LogP contribution in [0.1, 0.15) is 25.7 Å². The molecule has 2 N–H and O–H groups in total. The first-order valence-electron chi connectivity index (χ1n) is 7.53. The van der Waals surface area contributed by atoms with Gasteiger partial charge >= 0.3 is 0 Å². The van der Waals surface area contributed by atoms with Crippen molar-refractivity contribution in [2.75, 3.05) is 32.7 Å². The maximum absolute atomic E-state index is 6.11. The Kier molecular flexibility index (Phi) is 4.22. The Bertz CT molecular complexity index is 480. The van der Waals surface area contributed by atoms with Crippen molar-refractivity contribution in [1.82, 2.24) is 0 Å². The highest BCUT2D eigenvalue weighted by Crippen LogP contribution is 2.36. The van der Waals surface area contributed by atoms with E-state index >= 15 is 0 Å². The highest BCUT2D eigenvalue weighted by molar-refractivity contribution is 5.56. The lowest BCUT2D eigenvalue weighted by Gasteiger charge is -2.43. The molecule has 1 unspecified atom stereocenters. The van der Waals surface area contributed by atoms with E-state index in [1.807, 2.05) is 18.2 Å². The number of methoxy groups -OCH3 is 1. The third-order valence-corrected chi connectivity index (χ3v) is 4.36. The topological polar surface area (TPSA) is 62.9 Å². The molecule has 21 heavy (non-hydrogen) atoms. The molecule has 5 heteroatoms. The first-order valence-corrected chi connectivity index (χ1v) is 7.53. The van der Waals surface area contributed by atoms with Gasteiger partial charge in [0.2, 0.25) is 0 Å². The Labute approximate surface area is 125 Å². The molecule has 2 saturated heterocycles. The second-order valence-corrected chi connectivity index (χ2v) is 5.78. The Morgan fingerprint density at radius 3 is 2.76 bits per heavy atom. The van der Waals surface area contributed by atoms with E-state index in [2.05, 4.69) is 0 Å². The predicted molar refractivity (Wildman–Crippen MR) is 79.8 cm³/mol. The smallest absolute Gasteiger partial charge is 0.142 e. The summed E-state index contributed by atoms with van der Waals surface area (Å²) in [5, 5.41) is 0. The van der Waals surface area contributed by atoms with Crippen LogP contribution in [0.5, 0.6) is 11.5 Å². The zero-order valence-electron chi connectivity index (χ0n) is 12.5. The number of anilines is 1. The first-order chi connectivity index (χ1) is 10.2. The molecular formula is C16H23NO4. The molecule has 0 saturated carbocycles. The van der Waals surface area contributed by atoms with Crippen molar-refractivity contribution in [2.45, 2.75) is 37.4 Å². The van der Waals surface area contributed by atoms with Gasteiger partial charge in [-0.25, -0.2) is 0 Å². The second-order valence-electron chi connectivity index (χ2n) is 5.78. The zero-order chi connectivity index (χ0) is 14.7. The number of ether oxygens (including phenoxy) is 4. The average molecular weight is 293 g/mol. The largest absolute Gasteiger partial charge is 0.495 e. The van der Waals surface area contributed by atoms with Crippen LogP contribution in [0.4, 0.5) is 5.69 Å². The highest BCUT2D eigenvalue weighted by atomic mass is 16.5. The number of hydrogen-bond donors (Lipinski definition) is 1. The van der Waals surface area contributed by atoms with Crippen molar-refractivity contribution < 1.29 is 18.9 Å². The van der Waals surface area contributed by atoms with E-state index in [1.54, 1.807) is 7.11 Å². The summed E-state index contributed by atoms with van der Waals surface area (Å²) >= 11 is 0. The fourth-order valence-electron chi connectivity index (χ4n) is 3.15. The molecule has 0 amide bonds. The Balaban J connectivity index is 1.65.